The number of morpholine rings is 1. The van der Waals surface area contributed by atoms with Crippen molar-refractivity contribution in [1.29, 1.82) is 0 Å². The van der Waals surface area contributed by atoms with E-state index in [4.69, 9.17) is 4.74 Å². The Labute approximate surface area is 230 Å². The van der Waals surface area contributed by atoms with Gasteiger partial charge in [0.1, 0.15) is 6.54 Å². The summed E-state index contributed by atoms with van der Waals surface area (Å²) >= 11 is 3.72. The summed E-state index contributed by atoms with van der Waals surface area (Å²) in [6.07, 6.45) is 4.81. The number of fused-ring (bicyclic) bond motifs is 5. The lowest BCUT2D eigenvalue weighted by molar-refractivity contribution is -0.141. The average molecular weight is 588 g/mol. The number of piperidine rings is 2. The number of ether oxygens (including phenoxy) is 1. The molecule has 0 saturated carbocycles. The first kappa shape index (κ1) is 25.0. The molecule has 204 valence electrons. The summed E-state index contributed by atoms with van der Waals surface area (Å²) in [5.74, 6) is 0.127. The summed E-state index contributed by atoms with van der Waals surface area (Å²) in [4.78, 5) is 46.7. The molecule has 11 heteroatoms. The molecule has 7 rings (SSSR count). The van der Waals surface area contributed by atoms with Crippen molar-refractivity contribution in [3.8, 4) is 0 Å². The van der Waals surface area contributed by atoms with Gasteiger partial charge in [0.25, 0.3) is 0 Å². The zero-order valence-corrected chi connectivity index (χ0v) is 23.0. The van der Waals surface area contributed by atoms with Gasteiger partial charge in [-0.15, -0.1) is 0 Å². The van der Waals surface area contributed by atoms with Crippen molar-refractivity contribution < 1.29 is 19.1 Å². The quantitative estimate of drug-likeness (QED) is 0.477. The maximum absolute atomic E-state index is 14.2. The van der Waals surface area contributed by atoms with Crippen LogP contribution in [-0.4, -0.2) is 97.1 Å². The second-order valence-electron chi connectivity index (χ2n) is 11.7. The van der Waals surface area contributed by atoms with Gasteiger partial charge in [-0.3, -0.25) is 25.2 Å². The number of anilines is 1. The van der Waals surface area contributed by atoms with Crippen molar-refractivity contribution in [1.82, 2.24) is 26.0 Å². The van der Waals surface area contributed by atoms with Gasteiger partial charge in [0.05, 0.1) is 36.8 Å². The lowest BCUT2D eigenvalue weighted by Gasteiger charge is -2.41. The fraction of sp³-hybridized carbons (Fsp3) is 0.667. The fourth-order valence-electron chi connectivity index (χ4n) is 7.76. The molecule has 3 amide bonds. The number of amides is 3. The maximum Gasteiger partial charge on any atom is 0.243 e. The Morgan fingerprint density at radius 2 is 1.82 bits per heavy atom. The van der Waals surface area contributed by atoms with Crippen LogP contribution >= 0.6 is 15.9 Å². The van der Waals surface area contributed by atoms with Crippen molar-refractivity contribution in [2.75, 3.05) is 44.3 Å². The number of carbonyl (C=O) groups is 3. The third-order valence-corrected chi connectivity index (χ3v) is 10.4. The van der Waals surface area contributed by atoms with E-state index in [-0.39, 0.29) is 48.4 Å². The van der Waals surface area contributed by atoms with Crippen molar-refractivity contribution >= 4 is 39.3 Å². The highest BCUT2D eigenvalue weighted by atomic mass is 79.9. The van der Waals surface area contributed by atoms with E-state index >= 15 is 0 Å². The van der Waals surface area contributed by atoms with E-state index in [0.29, 0.717) is 45.2 Å². The Kier molecular flexibility index (Phi) is 6.27. The standard InChI is InChI=1S/C27H35BrN6O4/c28-18-2-1-3-22-24(18)27(26(37)33(22)13-23(35)34-16-4-5-17(34)15-38-14-16)8-10-32(11-9-27)25(36)20-7-6-19-21(30-20)12-29-31-19/h1-3,16-17,19-21,29-31H,4-15H2. The Morgan fingerprint density at radius 1 is 1.05 bits per heavy atom. The van der Waals surface area contributed by atoms with Crippen LogP contribution in [0.3, 0.4) is 0 Å². The molecule has 5 fully saturated rings. The molecule has 0 aliphatic carbocycles. The predicted octanol–water partition coefficient (Wildman–Crippen LogP) is 0.643. The Morgan fingerprint density at radius 3 is 2.58 bits per heavy atom. The van der Waals surface area contributed by atoms with Crippen molar-refractivity contribution in [3.05, 3.63) is 28.2 Å². The summed E-state index contributed by atoms with van der Waals surface area (Å²) in [5.41, 5.74) is 7.53. The van der Waals surface area contributed by atoms with Gasteiger partial charge in [-0.1, -0.05) is 22.0 Å². The van der Waals surface area contributed by atoms with E-state index in [0.717, 1.165) is 48.0 Å². The number of hydrazine groups is 1. The number of rotatable bonds is 3. The van der Waals surface area contributed by atoms with E-state index in [2.05, 4.69) is 32.1 Å². The summed E-state index contributed by atoms with van der Waals surface area (Å²) in [5, 5.41) is 3.53. The van der Waals surface area contributed by atoms with Gasteiger partial charge in [0.15, 0.2) is 0 Å². The molecule has 6 heterocycles. The zero-order chi connectivity index (χ0) is 26.0. The number of nitrogens with one attached hydrogen (secondary N) is 3. The molecule has 1 aromatic rings. The first-order chi connectivity index (χ1) is 18.5. The number of benzene rings is 1. The largest absolute Gasteiger partial charge is 0.377 e. The van der Waals surface area contributed by atoms with E-state index in [1.165, 1.54) is 0 Å². The van der Waals surface area contributed by atoms with Crippen molar-refractivity contribution in [2.45, 2.75) is 74.1 Å². The molecule has 6 aliphatic heterocycles. The predicted molar refractivity (Wildman–Crippen MR) is 143 cm³/mol. The highest BCUT2D eigenvalue weighted by Crippen LogP contribution is 2.51. The number of carbonyl (C=O) groups excluding carboxylic acids is 3. The van der Waals surface area contributed by atoms with Crippen LogP contribution in [0.5, 0.6) is 0 Å². The van der Waals surface area contributed by atoms with Gasteiger partial charge in [0.2, 0.25) is 17.7 Å². The normalized spacial score (nSPS) is 33.6. The van der Waals surface area contributed by atoms with Crippen LogP contribution < -0.4 is 21.1 Å². The van der Waals surface area contributed by atoms with Gasteiger partial charge in [-0.05, 0) is 50.7 Å². The minimum atomic E-state index is -0.721. The molecule has 0 aromatic heterocycles. The van der Waals surface area contributed by atoms with Crippen LogP contribution in [-0.2, 0) is 24.5 Å². The lowest BCUT2D eigenvalue weighted by atomic mass is 9.73. The van der Waals surface area contributed by atoms with E-state index < -0.39 is 5.41 Å². The minimum Gasteiger partial charge on any atom is -0.377 e. The second-order valence-corrected chi connectivity index (χ2v) is 12.5. The Hall–Kier alpha value is -2.05. The first-order valence-electron chi connectivity index (χ1n) is 14.0. The maximum atomic E-state index is 14.2. The molecule has 38 heavy (non-hydrogen) atoms. The highest BCUT2D eigenvalue weighted by molar-refractivity contribution is 9.10. The molecule has 3 N–H and O–H groups in total. The first-order valence-corrected chi connectivity index (χ1v) is 14.8. The van der Waals surface area contributed by atoms with Crippen LogP contribution in [0.25, 0.3) is 0 Å². The van der Waals surface area contributed by atoms with E-state index in [1.54, 1.807) is 4.90 Å². The van der Waals surface area contributed by atoms with Crippen molar-refractivity contribution in [2.24, 2.45) is 0 Å². The van der Waals surface area contributed by atoms with E-state index in [9.17, 15) is 14.4 Å². The molecule has 5 unspecified atom stereocenters. The number of hydrogen-bond donors (Lipinski definition) is 3. The average Bonchev–Trinajstić information content (AvgIpc) is 3.57. The highest BCUT2D eigenvalue weighted by Gasteiger charge is 2.55. The molecule has 5 atom stereocenters. The smallest absolute Gasteiger partial charge is 0.243 e. The number of likely N-dealkylation sites (tertiary alicyclic amines) is 1. The van der Waals surface area contributed by atoms with Crippen LogP contribution in [0, 0.1) is 0 Å². The van der Waals surface area contributed by atoms with Crippen LogP contribution in [0.2, 0.25) is 0 Å². The summed E-state index contributed by atoms with van der Waals surface area (Å²) < 4.78 is 6.55. The lowest BCUT2D eigenvalue weighted by Crippen LogP contribution is -2.59. The van der Waals surface area contributed by atoms with Gasteiger partial charge in [-0.25, -0.2) is 0 Å². The third kappa shape index (κ3) is 3.84. The second kappa shape index (κ2) is 9.55. The van der Waals surface area contributed by atoms with Crippen LogP contribution in [0.15, 0.2) is 22.7 Å². The number of hydrogen-bond acceptors (Lipinski definition) is 7. The zero-order valence-electron chi connectivity index (χ0n) is 21.5. The van der Waals surface area contributed by atoms with E-state index in [1.807, 2.05) is 28.0 Å². The van der Waals surface area contributed by atoms with Gasteiger partial charge < -0.3 is 24.8 Å². The molecule has 10 nitrogen and oxygen atoms in total. The summed E-state index contributed by atoms with van der Waals surface area (Å²) in [7, 11) is 0. The van der Waals surface area contributed by atoms with Crippen LogP contribution in [0.1, 0.15) is 44.1 Å². The molecule has 0 radical (unpaired) electrons. The number of nitrogens with zero attached hydrogens (tertiary/aromatic N) is 3. The number of halogens is 1. The van der Waals surface area contributed by atoms with Crippen molar-refractivity contribution in [3.63, 3.8) is 0 Å². The molecule has 2 bridgehead atoms. The molecule has 5 saturated heterocycles. The van der Waals surface area contributed by atoms with Gasteiger partial charge >= 0.3 is 0 Å². The van der Waals surface area contributed by atoms with Gasteiger partial charge in [0, 0.05) is 47.4 Å². The minimum absolute atomic E-state index is 0.00214. The molecule has 1 aromatic carbocycles. The topological polar surface area (TPSA) is 106 Å². The summed E-state index contributed by atoms with van der Waals surface area (Å²) in [6.45, 7) is 3.09. The fourth-order valence-corrected chi connectivity index (χ4v) is 8.50. The monoisotopic (exact) mass is 586 g/mol. The Balaban J connectivity index is 1.09. The summed E-state index contributed by atoms with van der Waals surface area (Å²) in [6, 6.07) is 6.55. The third-order valence-electron chi connectivity index (χ3n) is 9.74. The molecule has 1 spiro atoms. The Bertz CT molecular complexity index is 1140. The molecular formula is C27H35BrN6O4. The van der Waals surface area contributed by atoms with Gasteiger partial charge in [-0.2, -0.15) is 0 Å². The molecular weight excluding hydrogens is 552 g/mol. The molecule has 6 aliphatic rings. The SMILES string of the molecule is O=C(C1CCC2NNCC2N1)N1CCC2(CC1)C(=O)N(CC(=O)N1C3CCC1COC3)c1cccc(Br)c12. The van der Waals surface area contributed by atoms with Crippen LogP contribution in [0.4, 0.5) is 5.69 Å².